The third kappa shape index (κ3) is 3.61. The molecular formula is C16H22BN3O2. The predicted octanol–water partition coefficient (Wildman–Crippen LogP) is 2.18. The highest BCUT2D eigenvalue weighted by atomic mass is 16.6. The molecule has 0 bridgehead atoms. The number of hydrogen-bond donors (Lipinski definition) is 1. The number of aromatic nitrogens is 2. The van der Waals surface area contributed by atoms with E-state index in [1.807, 2.05) is 46.8 Å². The van der Waals surface area contributed by atoms with Crippen molar-refractivity contribution in [2.75, 3.05) is 0 Å². The van der Waals surface area contributed by atoms with Crippen LogP contribution in [0.2, 0.25) is 0 Å². The molecule has 0 aliphatic heterocycles. The molecule has 2 radical (unpaired) electrons. The number of amides is 1. The van der Waals surface area contributed by atoms with Crippen LogP contribution in [-0.4, -0.2) is 29.1 Å². The van der Waals surface area contributed by atoms with Crippen LogP contribution in [0.4, 0.5) is 4.79 Å². The first-order valence-corrected chi connectivity index (χ1v) is 7.43. The number of fused-ring (bicyclic) bond motifs is 1. The van der Waals surface area contributed by atoms with Crippen molar-refractivity contribution in [3.05, 3.63) is 23.5 Å². The molecule has 1 heterocycles. The lowest BCUT2D eigenvalue weighted by Crippen LogP contribution is -2.32. The monoisotopic (exact) mass is 299 g/mol. The van der Waals surface area contributed by atoms with Crippen molar-refractivity contribution in [2.24, 2.45) is 0 Å². The van der Waals surface area contributed by atoms with Gasteiger partial charge in [0.2, 0.25) is 0 Å². The van der Waals surface area contributed by atoms with E-state index >= 15 is 0 Å². The van der Waals surface area contributed by atoms with E-state index < -0.39 is 11.7 Å². The standard InChI is InChI=1S/C16H22BN3O2/c1-6-20-13(9-18-15(21)22-16(3,4)5)19-12-8-11(17)7-10(2)14(12)20/h7-8H,6,9H2,1-5H3,(H,18,21). The molecule has 0 aliphatic rings. The molecule has 1 aromatic carbocycles. The van der Waals surface area contributed by atoms with E-state index in [1.165, 1.54) is 0 Å². The predicted molar refractivity (Wildman–Crippen MR) is 88.6 cm³/mol. The third-order valence-corrected chi connectivity index (χ3v) is 3.24. The molecule has 0 saturated heterocycles. The number of rotatable bonds is 3. The second kappa shape index (κ2) is 6.03. The lowest BCUT2D eigenvalue weighted by atomic mass is 9.94. The molecule has 1 N–H and O–H groups in total. The number of benzene rings is 1. The summed E-state index contributed by atoms with van der Waals surface area (Å²) in [7, 11) is 5.88. The number of nitrogens with zero attached hydrogens (tertiary/aromatic N) is 2. The Balaban J connectivity index is 2.25. The van der Waals surface area contributed by atoms with Crippen LogP contribution >= 0.6 is 0 Å². The van der Waals surface area contributed by atoms with E-state index in [0.29, 0.717) is 12.0 Å². The van der Waals surface area contributed by atoms with Gasteiger partial charge >= 0.3 is 6.09 Å². The van der Waals surface area contributed by atoms with Gasteiger partial charge in [-0.15, -0.1) is 0 Å². The van der Waals surface area contributed by atoms with Crippen molar-refractivity contribution >= 4 is 30.4 Å². The van der Waals surface area contributed by atoms with Crippen LogP contribution in [0.3, 0.4) is 0 Å². The zero-order valence-electron chi connectivity index (χ0n) is 13.9. The van der Waals surface area contributed by atoms with Crippen LogP contribution in [0.1, 0.15) is 39.1 Å². The molecule has 5 nitrogen and oxygen atoms in total. The Morgan fingerprint density at radius 2 is 2.09 bits per heavy atom. The minimum atomic E-state index is -0.514. The molecule has 1 aromatic heterocycles. The van der Waals surface area contributed by atoms with Crippen molar-refractivity contribution in [2.45, 2.75) is 53.3 Å². The molecule has 6 heteroatoms. The van der Waals surface area contributed by atoms with Gasteiger partial charge in [-0.25, -0.2) is 9.78 Å². The first-order valence-electron chi connectivity index (χ1n) is 7.43. The Morgan fingerprint density at radius 1 is 1.41 bits per heavy atom. The van der Waals surface area contributed by atoms with Gasteiger partial charge < -0.3 is 14.6 Å². The second-order valence-corrected chi connectivity index (χ2v) is 6.33. The number of aryl methyl sites for hydroxylation is 2. The van der Waals surface area contributed by atoms with Gasteiger partial charge in [-0.1, -0.05) is 11.5 Å². The number of nitrogens with one attached hydrogen (secondary N) is 1. The van der Waals surface area contributed by atoms with Crippen molar-refractivity contribution in [3.63, 3.8) is 0 Å². The maximum atomic E-state index is 11.8. The number of carbonyl (C=O) groups excluding carboxylic acids is 1. The fourth-order valence-electron chi connectivity index (χ4n) is 2.49. The maximum Gasteiger partial charge on any atom is 0.408 e. The highest BCUT2D eigenvalue weighted by molar-refractivity contribution is 6.33. The van der Waals surface area contributed by atoms with Crippen LogP contribution in [0.15, 0.2) is 12.1 Å². The van der Waals surface area contributed by atoms with E-state index in [4.69, 9.17) is 12.6 Å². The van der Waals surface area contributed by atoms with Gasteiger partial charge in [0.05, 0.1) is 17.6 Å². The fourth-order valence-corrected chi connectivity index (χ4v) is 2.49. The van der Waals surface area contributed by atoms with Gasteiger partial charge in [-0.3, -0.25) is 0 Å². The molecule has 0 atom stereocenters. The van der Waals surface area contributed by atoms with E-state index in [9.17, 15) is 4.79 Å². The minimum absolute atomic E-state index is 0.316. The quantitative estimate of drug-likeness (QED) is 0.884. The molecule has 2 aromatic rings. The third-order valence-electron chi connectivity index (χ3n) is 3.24. The summed E-state index contributed by atoms with van der Waals surface area (Å²) in [5, 5.41) is 2.75. The lowest BCUT2D eigenvalue weighted by Gasteiger charge is -2.19. The first kappa shape index (κ1) is 16.4. The smallest absolute Gasteiger partial charge is 0.408 e. The Bertz CT molecular complexity index is 701. The average Bonchev–Trinajstić information content (AvgIpc) is 2.71. The van der Waals surface area contributed by atoms with Crippen LogP contribution in [0.5, 0.6) is 0 Å². The van der Waals surface area contributed by atoms with Gasteiger partial charge in [-0.2, -0.15) is 0 Å². The van der Waals surface area contributed by atoms with Crippen molar-refractivity contribution in [3.8, 4) is 0 Å². The topological polar surface area (TPSA) is 56.1 Å². The summed E-state index contributed by atoms with van der Waals surface area (Å²) in [5.41, 5.74) is 3.16. The zero-order chi connectivity index (χ0) is 16.5. The Kier molecular flexibility index (Phi) is 4.49. The Labute approximate surface area is 132 Å². The van der Waals surface area contributed by atoms with Crippen molar-refractivity contribution in [1.82, 2.24) is 14.9 Å². The van der Waals surface area contributed by atoms with Gasteiger partial charge in [-0.05, 0) is 46.2 Å². The Morgan fingerprint density at radius 3 is 2.68 bits per heavy atom. The van der Waals surface area contributed by atoms with Crippen LogP contribution in [-0.2, 0) is 17.8 Å². The molecule has 116 valence electrons. The Hall–Kier alpha value is -1.98. The molecule has 0 aliphatic carbocycles. The summed E-state index contributed by atoms with van der Waals surface area (Å²) in [6.45, 7) is 10.6. The summed E-state index contributed by atoms with van der Waals surface area (Å²) in [6.07, 6.45) is -0.446. The van der Waals surface area contributed by atoms with Crippen LogP contribution in [0.25, 0.3) is 11.0 Å². The number of carbonyl (C=O) groups is 1. The van der Waals surface area contributed by atoms with Gasteiger partial charge in [0.1, 0.15) is 19.3 Å². The van der Waals surface area contributed by atoms with Gasteiger partial charge in [0.25, 0.3) is 0 Å². The van der Waals surface area contributed by atoms with Crippen molar-refractivity contribution < 1.29 is 9.53 Å². The van der Waals surface area contributed by atoms with Crippen LogP contribution < -0.4 is 10.8 Å². The van der Waals surface area contributed by atoms with Gasteiger partial charge in [0.15, 0.2) is 0 Å². The summed E-state index contributed by atoms with van der Waals surface area (Å²) in [4.78, 5) is 16.4. The van der Waals surface area contributed by atoms with Gasteiger partial charge in [0, 0.05) is 6.54 Å². The molecule has 0 saturated carbocycles. The number of hydrogen-bond acceptors (Lipinski definition) is 3. The van der Waals surface area contributed by atoms with E-state index in [1.54, 1.807) is 0 Å². The average molecular weight is 299 g/mol. The summed E-state index contributed by atoms with van der Waals surface area (Å²) in [6, 6.07) is 3.78. The minimum Gasteiger partial charge on any atom is -0.444 e. The zero-order valence-corrected chi connectivity index (χ0v) is 13.9. The highest BCUT2D eigenvalue weighted by Gasteiger charge is 2.17. The van der Waals surface area contributed by atoms with E-state index in [-0.39, 0.29) is 0 Å². The molecule has 0 spiro atoms. The summed E-state index contributed by atoms with van der Waals surface area (Å²) in [5.74, 6) is 0.789. The highest BCUT2D eigenvalue weighted by Crippen LogP contribution is 2.19. The normalized spacial score (nSPS) is 11.7. The molecule has 22 heavy (non-hydrogen) atoms. The second-order valence-electron chi connectivity index (χ2n) is 6.33. The van der Waals surface area contributed by atoms with E-state index in [2.05, 4.69) is 14.9 Å². The molecule has 1 amide bonds. The summed E-state index contributed by atoms with van der Waals surface area (Å²) >= 11 is 0. The van der Waals surface area contributed by atoms with Crippen molar-refractivity contribution in [1.29, 1.82) is 0 Å². The molecule has 0 unspecified atom stereocenters. The molecular weight excluding hydrogens is 277 g/mol. The lowest BCUT2D eigenvalue weighted by molar-refractivity contribution is 0.0521. The first-order chi connectivity index (χ1) is 10.2. The fraction of sp³-hybridized carbons (Fsp3) is 0.500. The maximum absolute atomic E-state index is 11.8. The summed E-state index contributed by atoms with van der Waals surface area (Å²) < 4.78 is 7.33. The van der Waals surface area contributed by atoms with Crippen LogP contribution in [0, 0.1) is 6.92 Å². The molecule has 0 fully saturated rings. The number of alkyl carbamates (subject to hydrolysis) is 1. The largest absolute Gasteiger partial charge is 0.444 e. The number of imidazole rings is 1. The SMILES string of the molecule is [B]c1cc(C)c2c(c1)nc(CNC(=O)OC(C)(C)C)n2CC. The molecule has 2 rings (SSSR count). The number of ether oxygens (including phenoxy) is 1. The van der Waals surface area contributed by atoms with E-state index in [0.717, 1.165) is 29.0 Å².